The number of nitrogens with two attached hydrogens (primary N) is 1. The van der Waals surface area contributed by atoms with Gasteiger partial charge in [0.15, 0.2) is 0 Å². The smallest absolute Gasteiger partial charge is 0.148 e. The molecule has 2 nitrogen and oxygen atoms in total. The first-order valence-electron chi connectivity index (χ1n) is 3.39. The zero-order valence-corrected chi connectivity index (χ0v) is 5.63. The Kier molecular flexibility index (Phi) is 1.07. The molecule has 2 rings (SSSR count). The topological polar surface area (TPSA) is 35.2 Å². The van der Waals surface area contributed by atoms with Crippen molar-refractivity contribution in [2.75, 3.05) is 0 Å². The van der Waals surface area contributed by atoms with Gasteiger partial charge >= 0.3 is 0 Å². The monoisotopic (exact) mass is 135 g/mol. The number of ether oxygens (including phenoxy) is 1. The van der Waals surface area contributed by atoms with Gasteiger partial charge < -0.3 is 10.5 Å². The molecular formula is C8H9NO. The molecule has 0 amide bonds. The standard InChI is InChI=1S/C8H9NO/c9-7-4-3-6-2-1-5-10-8(6)7/h1-2,5H,3-4,9H2. The lowest BCUT2D eigenvalue weighted by atomic mass is 10.2. The number of hydrogen-bond donors (Lipinski definition) is 1. The van der Waals surface area contributed by atoms with Crippen molar-refractivity contribution in [3.8, 4) is 0 Å². The van der Waals surface area contributed by atoms with Crippen LogP contribution >= 0.6 is 0 Å². The lowest BCUT2D eigenvalue weighted by Crippen LogP contribution is -1.98. The lowest BCUT2D eigenvalue weighted by Gasteiger charge is -2.07. The largest absolute Gasteiger partial charge is 0.463 e. The van der Waals surface area contributed by atoms with E-state index in [1.807, 2.05) is 6.08 Å². The summed E-state index contributed by atoms with van der Waals surface area (Å²) >= 11 is 0. The van der Waals surface area contributed by atoms with Crippen molar-refractivity contribution < 1.29 is 4.74 Å². The minimum atomic E-state index is 0.885. The minimum Gasteiger partial charge on any atom is -0.463 e. The van der Waals surface area contributed by atoms with Gasteiger partial charge in [0.2, 0.25) is 0 Å². The van der Waals surface area contributed by atoms with E-state index in [2.05, 4.69) is 6.08 Å². The van der Waals surface area contributed by atoms with E-state index in [4.69, 9.17) is 10.5 Å². The third kappa shape index (κ3) is 0.652. The predicted octanol–water partition coefficient (Wildman–Crippen LogP) is 1.42. The first-order chi connectivity index (χ1) is 4.88. The molecule has 2 N–H and O–H groups in total. The van der Waals surface area contributed by atoms with Crippen molar-refractivity contribution >= 4 is 0 Å². The Labute approximate surface area is 59.7 Å². The second-order valence-electron chi connectivity index (χ2n) is 2.49. The highest BCUT2D eigenvalue weighted by Gasteiger charge is 2.19. The zero-order valence-electron chi connectivity index (χ0n) is 5.63. The molecule has 0 saturated carbocycles. The summed E-state index contributed by atoms with van der Waals surface area (Å²) in [6, 6.07) is 0. The molecule has 0 fully saturated rings. The molecule has 0 aromatic rings. The van der Waals surface area contributed by atoms with Gasteiger partial charge in [-0.3, -0.25) is 0 Å². The van der Waals surface area contributed by atoms with Gasteiger partial charge in [-0.15, -0.1) is 0 Å². The van der Waals surface area contributed by atoms with E-state index in [0.717, 1.165) is 24.3 Å². The van der Waals surface area contributed by atoms with Crippen LogP contribution in [0.3, 0.4) is 0 Å². The van der Waals surface area contributed by atoms with Crippen molar-refractivity contribution in [3.05, 3.63) is 35.4 Å². The molecule has 52 valence electrons. The maximum absolute atomic E-state index is 5.67. The molecule has 1 aliphatic heterocycles. The van der Waals surface area contributed by atoms with Crippen LogP contribution in [-0.4, -0.2) is 0 Å². The Bertz CT molecular complexity index is 248. The third-order valence-corrected chi connectivity index (χ3v) is 1.81. The number of rotatable bonds is 0. The van der Waals surface area contributed by atoms with Crippen LogP contribution in [0, 0.1) is 0 Å². The normalized spacial score (nSPS) is 22.2. The zero-order chi connectivity index (χ0) is 6.97. The van der Waals surface area contributed by atoms with E-state index < -0.39 is 0 Å². The first kappa shape index (κ1) is 5.59. The Morgan fingerprint density at radius 2 is 2.30 bits per heavy atom. The molecule has 0 saturated heterocycles. The Morgan fingerprint density at radius 1 is 1.40 bits per heavy atom. The van der Waals surface area contributed by atoms with Crippen LogP contribution < -0.4 is 5.73 Å². The van der Waals surface area contributed by atoms with E-state index in [1.54, 1.807) is 6.26 Å². The van der Waals surface area contributed by atoms with Crippen LogP contribution in [0.25, 0.3) is 0 Å². The van der Waals surface area contributed by atoms with Gasteiger partial charge in [0, 0.05) is 0 Å². The van der Waals surface area contributed by atoms with Crippen molar-refractivity contribution in [3.63, 3.8) is 0 Å². The lowest BCUT2D eigenvalue weighted by molar-refractivity contribution is 0.355. The summed E-state index contributed by atoms with van der Waals surface area (Å²) in [5, 5.41) is 0. The third-order valence-electron chi connectivity index (χ3n) is 1.81. The molecule has 0 radical (unpaired) electrons. The summed E-state index contributed by atoms with van der Waals surface area (Å²) in [6.45, 7) is 0. The molecule has 0 aromatic heterocycles. The Morgan fingerprint density at radius 3 is 3.10 bits per heavy atom. The highest BCUT2D eigenvalue weighted by atomic mass is 16.5. The van der Waals surface area contributed by atoms with E-state index >= 15 is 0 Å². The highest BCUT2D eigenvalue weighted by molar-refractivity contribution is 5.40. The Hall–Kier alpha value is -1.18. The molecule has 0 aromatic carbocycles. The SMILES string of the molecule is NC1=C2OC=CC=C2CC1. The quantitative estimate of drug-likeness (QED) is 0.545. The average Bonchev–Trinajstić information content (AvgIpc) is 2.34. The number of fused-ring (bicyclic) bond motifs is 1. The summed E-state index contributed by atoms with van der Waals surface area (Å²) in [4.78, 5) is 0. The van der Waals surface area contributed by atoms with Crippen LogP contribution in [-0.2, 0) is 4.74 Å². The maximum Gasteiger partial charge on any atom is 0.148 e. The van der Waals surface area contributed by atoms with Gasteiger partial charge in [0.05, 0.1) is 12.0 Å². The fourth-order valence-corrected chi connectivity index (χ4v) is 1.28. The number of allylic oxidation sites excluding steroid dienone is 4. The first-order valence-corrected chi connectivity index (χ1v) is 3.39. The summed E-state index contributed by atoms with van der Waals surface area (Å²) in [6.07, 6.45) is 7.60. The summed E-state index contributed by atoms with van der Waals surface area (Å²) in [5.41, 5.74) is 7.79. The van der Waals surface area contributed by atoms with Gasteiger partial charge in [-0.25, -0.2) is 0 Å². The molecule has 0 atom stereocenters. The number of hydrogen-bond acceptors (Lipinski definition) is 2. The van der Waals surface area contributed by atoms with Crippen LogP contribution in [0.5, 0.6) is 0 Å². The van der Waals surface area contributed by atoms with Crippen molar-refractivity contribution in [1.29, 1.82) is 0 Å². The Balaban J connectivity index is 2.42. The van der Waals surface area contributed by atoms with Crippen LogP contribution in [0.2, 0.25) is 0 Å². The average molecular weight is 135 g/mol. The fourth-order valence-electron chi connectivity index (χ4n) is 1.28. The molecule has 0 spiro atoms. The van der Waals surface area contributed by atoms with Crippen molar-refractivity contribution in [1.82, 2.24) is 0 Å². The predicted molar refractivity (Wildman–Crippen MR) is 38.8 cm³/mol. The van der Waals surface area contributed by atoms with Gasteiger partial charge in [-0.05, 0) is 24.5 Å². The molecular weight excluding hydrogens is 126 g/mol. The van der Waals surface area contributed by atoms with Crippen LogP contribution in [0.4, 0.5) is 0 Å². The maximum atomic E-state index is 5.67. The molecule has 0 unspecified atom stereocenters. The van der Waals surface area contributed by atoms with Crippen molar-refractivity contribution in [2.45, 2.75) is 12.8 Å². The molecule has 1 heterocycles. The summed E-state index contributed by atoms with van der Waals surface area (Å²) in [5.74, 6) is 0.891. The summed E-state index contributed by atoms with van der Waals surface area (Å²) < 4.78 is 5.22. The van der Waals surface area contributed by atoms with Gasteiger partial charge in [-0.1, -0.05) is 6.08 Å². The van der Waals surface area contributed by atoms with Crippen LogP contribution in [0.15, 0.2) is 35.4 Å². The molecule has 2 heteroatoms. The van der Waals surface area contributed by atoms with Gasteiger partial charge in [0.25, 0.3) is 0 Å². The van der Waals surface area contributed by atoms with Crippen LogP contribution in [0.1, 0.15) is 12.8 Å². The van der Waals surface area contributed by atoms with E-state index in [9.17, 15) is 0 Å². The fraction of sp³-hybridized carbons (Fsp3) is 0.250. The van der Waals surface area contributed by atoms with E-state index in [1.165, 1.54) is 5.57 Å². The molecule has 1 aliphatic carbocycles. The molecule has 0 bridgehead atoms. The van der Waals surface area contributed by atoms with Gasteiger partial charge in [-0.2, -0.15) is 0 Å². The highest BCUT2D eigenvalue weighted by Crippen LogP contribution is 2.31. The van der Waals surface area contributed by atoms with Crippen molar-refractivity contribution in [2.24, 2.45) is 5.73 Å². The second-order valence-corrected chi connectivity index (χ2v) is 2.49. The molecule has 2 aliphatic rings. The van der Waals surface area contributed by atoms with E-state index in [-0.39, 0.29) is 0 Å². The second kappa shape index (κ2) is 1.90. The summed E-state index contributed by atoms with van der Waals surface area (Å²) in [7, 11) is 0. The minimum absolute atomic E-state index is 0.885. The van der Waals surface area contributed by atoms with E-state index in [0.29, 0.717) is 0 Å². The van der Waals surface area contributed by atoms with Gasteiger partial charge in [0.1, 0.15) is 5.76 Å². The molecule has 10 heavy (non-hydrogen) atoms.